The fraction of sp³-hybridized carbons (Fsp3) is 0.222. The Morgan fingerprint density at radius 3 is 2.55 bits per heavy atom. The maximum Gasteiger partial charge on any atom is 0.230 e. The molecular weight excluding hydrogens is 386 g/mol. The Morgan fingerprint density at radius 1 is 0.968 bits per heavy atom. The summed E-state index contributed by atoms with van der Waals surface area (Å²) in [7, 11) is 1.70. The van der Waals surface area contributed by atoms with E-state index in [1.54, 1.807) is 7.11 Å². The number of rotatable bonds is 7. The Morgan fingerprint density at radius 2 is 1.77 bits per heavy atom. The van der Waals surface area contributed by atoms with Crippen LogP contribution in [0.1, 0.15) is 30.0 Å². The molecule has 4 rings (SSSR count). The zero-order chi connectivity index (χ0) is 21.6. The second-order valence-corrected chi connectivity index (χ2v) is 7.61. The highest BCUT2D eigenvalue weighted by molar-refractivity contribution is 5.83. The van der Waals surface area contributed by atoms with Gasteiger partial charge < -0.3 is 14.4 Å². The van der Waals surface area contributed by atoms with Crippen LogP contribution in [-0.2, 0) is 17.6 Å². The lowest BCUT2D eigenvalue weighted by Crippen LogP contribution is -2.25. The molecule has 1 heterocycles. The molecule has 0 atom stereocenters. The number of aryl methyl sites for hydroxylation is 1. The third-order valence-corrected chi connectivity index (χ3v) is 5.53. The van der Waals surface area contributed by atoms with Crippen LogP contribution < -0.4 is 9.47 Å². The van der Waals surface area contributed by atoms with Crippen LogP contribution in [0.15, 0.2) is 79.0 Å². The van der Waals surface area contributed by atoms with E-state index < -0.39 is 0 Å². The van der Waals surface area contributed by atoms with Gasteiger partial charge in [-0.25, -0.2) is 0 Å². The van der Waals surface area contributed by atoms with E-state index in [2.05, 4.69) is 25.1 Å². The fourth-order valence-electron chi connectivity index (χ4n) is 3.83. The van der Waals surface area contributed by atoms with Crippen LogP contribution in [0.2, 0.25) is 0 Å². The molecule has 0 radical (unpaired) electrons. The van der Waals surface area contributed by atoms with Gasteiger partial charge in [0.05, 0.1) is 13.5 Å². The van der Waals surface area contributed by atoms with Gasteiger partial charge in [0.25, 0.3) is 0 Å². The number of hydrogen-bond acceptors (Lipinski definition) is 3. The minimum absolute atomic E-state index is 0.0870. The van der Waals surface area contributed by atoms with Crippen molar-refractivity contribution < 1.29 is 14.3 Å². The van der Waals surface area contributed by atoms with Gasteiger partial charge in [-0.3, -0.25) is 4.79 Å². The number of para-hydroxylation sites is 1. The molecule has 0 saturated heterocycles. The van der Waals surface area contributed by atoms with E-state index in [1.165, 1.54) is 5.56 Å². The van der Waals surface area contributed by atoms with Gasteiger partial charge in [0.2, 0.25) is 5.91 Å². The first-order valence-electron chi connectivity index (χ1n) is 10.7. The Balaban J connectivity index is 1.44. The highest BCUT2D eigenvalue weighted by Gasteiger charge is 2.20. The van der Waals surface area contributed by atoms with Gasteiger partial charge in [-0.2, -0.15) is 0 Å². The van der Waals surface area contributed by atoms with E-state index >= 15 is 0 Å². The standard InChI is InChI=1S/C27H27NO3/c1-3-21-12-13-22(18-26(21)30-2)23-14-15-28(19-23)27(29)17-20-8-7-11-25(16-20)31-24-9-5-4-6-10-24/h4-13,16,18-19H,3,14-15,17H2,1-2H3. The minimum atomic E-state index is 0.0870. The molecule has 0 aromatic heterocycles. The van der Waals surface area contributed by atoms with E-state index in [4.69, 9.17) is 9.47 Å². The van der Waals surface area contributed by atoms with Crippen LogP contribution >= 0.6 is 0 Å². The predicted molar refractivity (Wildman–Crippen MR) is 123 cm³/mol. The topological polar surface area (TPSA) is 38.8 Å². The molecule has 0 N–H and O–H groups in total. The summed E-state index contributed by atoms with van der Waals surface area (Å²) in [6.07, 6.45) is 4.10. The number of amides is 1. The van der Waals surface area contributed by atoms with Crippen LogP contribution in [0, 0.1) is 0 Å². The van der Waals surface area contributed by atoms with Crippen molar-refractivity contribution in [3.8, 4) is 17.2 Å². The number of benzene rings is 3. The van der Waals surface area contributed by atoms with Crippen LogP contribution in [0.5, 0.6) is 17.2 Å². The Bertz CT molecular complexity index is 1090. The summed E-state index contributed by atoms with van der Waals surface area (Å²) in [5.74, 6) is 2.50. The molecule has 1 aliphatic rings. The SMILES string of the molecule is CCc1ccc(C2=CN(C(=O)Cc3cccc(Oc4ccccc4)c3)CC2)cc1OC. The molecule has 158 valence electrons. The first kappa shape index (κ1) is 20.7. The van der Waals surface area contributed by atoms with Crippen molar-refractivity contribution in [1.82, 2.24) is 4.90 Å². The van der Waals surface area contributed by atoms with Crippen molar-refractivity contribution >= 4 is 11.5 Å². The zero-order valence-electron chi connectivity index (χ0n) is 18.0. The monoisotopic (exact) mass is 413 g/mol. The van der Waals surface area contributed by atoms with Crippen molar-refractivity contribution in [3.05, 3.63) is 95.7 Å². The number of ether oxygens (including phenoxy) is 2. The summed E-state index contributed by atoms with van der Waals surface area (Å²) in [6, 6.07) is 23.7. The molecule has 0 bridgehead atoms. The molecule has 3 aromatic rings. The van der Waals surface area contributed by atoms with Crippen LogP contribution in [0.4, 0.5) is 0 Å². The molecule has 0 spiro atoms. The fourth-order valence-corrected chi connectivity index (χ4v) is 3.83. The third kappa shape index (κ3) is 4.97. The number of carbonyl (C=O) groups is 1. The molecule has 0 saturated carbocycles. The Hall–Kier alpha value is -3.53. The van der Waals surface area contributed by atoms with Gasteiger partial charge in [-0.1, -0.05) is 49.4 Å². The highest BCUT2D eigenvalue weighted by atomic mass is 16.5. The highest BCUT2D eigenvalue weighted by Crippen LogP contribution is 2.30. The number of nitrogens with zero attached hydrogens (tertiary/aromatic N) is 1. The predicted octanol–water partition coefficient (Wildman–Crippen LogP) is 5.87. The lowest BCUT2D eigenvalue weighted by molar-refractivity contribution is -0.127. The maximum absolute atomic E-state index is 12.9. The third-order valence-electron chi connectivity index (χ3n) is 5.53. The zero-order valence-corrected chi connectivity index (χ0v) is 18.0. The Labute approximate surface area is 183 Å². The van der Waals surface area contributed by atoms with Crippen LogP contribution in [-0.4, -0.2) is 24.5 Å². The average molecular weight is 414 g/mol. The molecule has 1 aliphatic heterocycles. The van der Waals surface area contributed by atoms with E-state index in [9.17, 15) is 4.79 Å². The van der Waals surface area contributed by atoms with E-state index in [0.29, 0.717) is 13.0 Å². The van der Waals surface area contributed by atoms with Gasteiger partial charge in [0.1, 0.15) is 17.2 Å². The smallest absolute Gasteiger partial charge is 0.230 e. The minimum Gasteiger partial charge on any atom is -0.496 e. The van der Waals surface area contributed by atoms with Gasteiger partial charge in [-0.05, 0) is 65.4 Å². The summed E-state index contributed by atoms with van der Waals surface area (Å²) in [5.41, 5.74) is 4.41. The molecule has 4 heteroatoms. The quantitative estimate of drug-likeness (QED) is 0.486. The summed E-state index contributed by atoms with van der Waals surface area (Å²) in [5, 5.41) is 0. The first-order valence-corrected chi connectivity index (χ1v) is 10.7. The largest absolute Gasteiger partial charge is 0.496 e. The number of hydrogen-bond donors (Lipinski definition) is 0. The van der Waals surface area contributed by atoms with Crippen molar-refractivity contribution in [2.45, 2.75) is 26.2 Å². The first-order chi connectivity index (χ1) is 15.2. The van der Waals surface area contributed by atoms with E-state index in [-0.39, 0.29) is 5.91 Å². The Kier molecular flexibility index (Phi) is 6.37. The van der Waals surface area contributed by atoms with Gasteiger partial charge >= 0.3 is 0 Å². The molecule has 4 nitrogen and oxygen atoms in total. The molecule has 0 aliphatic carbocycles. The molecule has 0 fully saturated rings. The normalized spacial score (nSPS) is 13.1. The summed E-state index contributed by atoms with van der Waals surface area (Å²) >= 11 is 0. The molecule has 0 unspecified atom stereocenters. The van der Waals surface area contributed by atoms with Crippen molar-refractivity contribution in [2.24, 2.45) is 0 Å². The van der Waals surface area contributed by atoms with Crippen LogP contribution in [0.25, 0.3) is 5.57 Å². The van der Waals surface area contributed by atoms with E-state index in [1.807, 2.05) is 65.7 Å². The van der Waals surface area contributed by atoms with Gasteiger partial charge in [0, 0.05) is 12.7 Å². The molecule has 31 heavy (non-hydrogen) atoms. The molecule has 1 amide bonds. The number of carbonyl (C=O) groups excluding carboxylic acids is 1. The second-order valence-electron chi connectivity index (χ2n) is 7.61. The second kappa shape index (κ2) is 9.52. The summed E-state index contributed by atoms with van der Waals surface area (Å²) in [4.78, 5) is 14.7. The number of methoxy groups -OCH3 is 1. The van der Waals surface area contributed by atoms with Crippen molar-refractivity contribution in [3.63, 3.8) is 0 Å². The lowest BCUT2D eigenvalue weighted by Gasteiger charge is -2.13. The van der Waals surface area contributed by atoms with Crippen molar-refractivity contribution in [1.29, 1.82) is 0 Å². The summed E-state index contributed by atoms with van der Waals surface area (Å²) < 4.78 is 11.4. The average Bonchev–Trinajstić information content (AvgIpc) is 3.30. The lowest BCUT2D eigenvalue weighted by atomic mass is 10.0. The van der Waals surface area contributed by atoms with Crippen LogP contribution in [0.3, 0.4) is 0 Å². The van der Waals surface area contributed by atoms with Crippen molar-refractivity contribution in [2.75, 3.05) is 13.7 Å². The molecule has 3 aromatic carbocycles. The van der Waals surface area contributed by atoms with Gasteiger partial charge in [0.15, 0.2) is 0 Å². The van der Waals surface area contributed by atoms with E-state index in [0.717, 1.165) is 46.8 Å². The maximum atomic E-state index is 12.9. The van der Waals surface area contributed by atoms with Gasteiger partial charge in [-0.15, -0.1) is 0 Å². The summed E-state index contributed by atoms with van der Waals surface area (Å²) in [6.45, 7) is 2.82. The molecular formula is C27H27NO3.